The summed E-state index contributed by atoms with van der Waals surface area (Å²) in [7, 11) is 0. The van der Waals surface area contributed by atoms with E-state index < -0.39 is 27.9 Å². The smallest absolute Gasteiger partial charge is 0.325 e. The third-order valence-corrected chi connectivity index (χ3v) is 5.79. The third kappa shape index (κ3) is 5.27. The SMILES string of the molecule is C[C@H](Sc1n[nH]c(Cc2cccs2)n1)C(=O)Nc1ccc(Cl)c(C(F)(F)F)c1. The van der Waals surface area contributed by atoms with Crippen molar-refractivity contribution < 1.29 is 18.0 Å². The Labute approximate surface area is 171 Å². The van der Waals surface area contributed by atoms with Crippen molar-refractivity contribution in [3.05, 3.63) is 57.0 Å². The first-order valence-electron chi connectivity index (χ1n) is 8.00. The second-order valence-electron chi connectivity index (χ2n) is 5.76. The second kappa shape index (κ2) is 8.54. The van der Waals surface area contributed by atoms with Gasteiger partial charge in [0.15, 0.2) is 0 Å². The van der Waals surface area contributed by atoms with Gasteiger partial charge in [0.2, 0.25) is 11.1 Å². The number of nitrogens with zero attached hydrogens (tertiary/aromatic N) is 2. The molecule has 28 heavy (non-hydrogen) atoms. The molecule has 2 N–H and O–H groups in total. The van der Waals surface area contributed by atoms with E-state index in [1.165, 1.54) is 6.07 Å². The number of benzene rings is 1. The van der Waals surface area contributed by atoms with E-state index in [9.17, 15) is 18.0 Å². The van der Waals surface area contributed by atoms with Crippen LogP contribution in [0.4, 0.5) is 18.9 Å². The normalized spacial score (nSPS) is 12.8. The fraction of sp³-hybridized carbons (Fsp3) is 0.235. The number of carbonyl (C=O) groups excluding carboxylic acids is 1. The van der Waals surface area contributed by atoms with Gasteiger partial charge in [-0.15, -0.1) is 16.4 Å². The van der Waals surface area contributed by atoms with Crippen LogP contribution in [0.25, 0.3) is 0 Å². The number of thioether (sulfide) groups is 1. The zero-order valence-corrected chi connectivity index (χ0v) is 16.8. The molecule has 5 nitrogen and oxygen atoms in total. The summed E-state index contributed by atoms with van der Waals surface area (Å²) in [6.07, 6.45) is -3.99. The molecule has 0 saturated heterocycles. The van der Waals surface area contributed by atoms with Crippen molar-refractivity contribution in [2.24, 2.45) is 0 Å². The lowest BCUT2D eigenvalue weighted by Crippen LogP contribution is -2.22. The Balaban J connectivity index is 1.61. The van der Waals surface area contributed by atoms with Gasteiger partial charge >= 0.3 is 6.18 Å². The van der Waals surface area contributed by atoms with Crippen LogP contribution in [-0.2, 0) is 17.4 Å². The Morgan fingerprint density at radius 3 is 2.86 bits per heavy atom. The van der Waals surface area contributed by atoms with Gasteiger partial charge in [0.25, 0.3) is 0 Å². The highest BCUT2D eigenvalue weighted by atomic mass is 35.5. The number of carbonyl (C=O) groups is 1. The molecule has 1 atom stereocenters. The van der Waals surface area contributed by atoms with Gasteiger partial charge in [-0.1, -0.05) is 29.4 Å². The number of aromatic nitrogens is 3. The van der Waals surface area contributed by atoms with Gasteiger partial charge in [-0.25, -0.2) is 4.98 Å². The Morgan fingerprint density at radius 1 is 1.39 bits per heavy atom. The number of thiophene rings is 1. The van der Waals surface area contributed by atoms with Crippen molar-refractivity contribution in [1.29, 1.82) is 0 Å². The van der Waals surface area contributed by atoms with E-state index in [1.807, 2.05) is 17.5 Å². The lowest BCUT2D eigenvalue weighted by atomic mass is 10.2. The van der Waals surface area contributed by atoms with Crippen molar-refractivity contribution in [2.75, 3.05) is 5.32 Å². The van der Waals surface area contributed by atoms with Gasteiger partial charge in [-0.05, 0) is 36.6 Å². The minimum atomic E-state index is -4.60. The number of hydrogen-bond acceptors (Lipinski definition) is 5. The van der Waals surface area contributed by atoms with E-state index in [-0.39, 0.29) is 5.69 Å². The number of hydrogen-bond donors (Lipinski definition) is 2. The molecule has 0 unspecified atom stereocenters. The molecular formula is C17H14ClF3N4OS2. The Kier molecular flexibility index (Phi) is 6.31. The highest BCUT2D eigenvalue weighted by Gasteiger charge is 2.33. The standard InChI is InChI=1S/C17H14ClF3N4OS2/c1-9(28-16-23-14(24-25-16)8-11-3-2-6-27-11)15(26)22-10-4-5-13(18)12(7-10)17(19,20)21/h2-7,9H,8H2,1H3,(H,22,26)(H,23,24,25)/t9-/m0/s1. The number of rotatable bonds is 6. The van der Waals surface area contributed by atoms with E-state index in [0.29, 0.717) is 17.4 Å². The van der Waals surface area contributed by atoms with E-state index in [0.717, 1.165) is 28.8 Å². The summed E-state index contributed by atoms with van der Waals surface area (Å²) in [6.45, 7) is 1.62. The van der Waals surface area contributed by atoms with Crippen molar-refractivity contribution in [1.82, 2.24) is 15.2 Å². The first kappa shape index (κ1) is 20.7. The number of H-pyrrole nitrogens is 1. The average molecular weight is 447 g/mol. The van der Waals surface area contributed by atoms with E-state index in [4.69, 9.17) is 11.6 Å². The highest BCUT2D eigenvalue weighted by Crippen LogP contribution is 2.36. The Bertz CT molecular complexity index is 960. The van der Waals surface area contributed by atoms with Gasteiger partial charge in [-0.2, -0.15) is 13.2 Å². The fourth-order valence-corrected chi connectivity index (χ4v) is 3.94. The third-order valence-electron chi connectivity index (χ3n) is 3.62. The second-order valence-corrected chi connectivity index (χ2v) is 8.51. The average Bonchev–Trinajstić information content (AvgIpc) is 3.28. The predicted octanol–water partition coefficient (Wildman–Crippen LogP) is 5.25. The lowest BCUT2D eigenvalue weighted by Gasteiger charge is -2.13. The van der Waals surface area contributed by atoms with Crippen molar-refractivity contribution in [3.8, 4) is 0 Å². The number of amides is 1. The molecule has 0 aliphatic rings. The predicted molar refractivity (Wildman–Crippen MR) is 104 cm³/mol. The van der Waals surface area contributed by atoms with Gasteiger partial charge in [0.05, 0.1) is 15.8 Å². The van der Waals surface area contributed by atoms with Crippen molar-refractivity contribution >= 4 is 46.3 Å². The number of halogens is 4. The lowest BCUT2D eigenvalue weighted by molar-refractivity contribution is -0.137. The maximum Gasteiger partial charge on any atom is 0.417 e. The molecule has 0 spiro atoms. The highest BCUT2D eigenvalue weighted by molar-refractivity contribution is 8.00. The van der Waals surface area contributed by atoms with Crippen LogP contribution in [-0.4, -0.2) is 26.3 Å². The molecule has 0 saturated carbocycles. The fourth-order valence-electron chi connectivity index (χ4n) is 2.26. The summed E-state index contributed by atoms with van der Waals surface area (Å²) in [5.74, 6) is 0.204. The topological polar surface area (TPSA) is 70.7 Å². The van der Waals surface area contributed by atoms with E-state index in [1.54, 1.807) is 18.3 Å². The Hall–Kier alpha value is -2.04. The molecule has 3 aromatic rings. The zero-order chi connectivity index (χ0) is 20.3. The molecule has 0 fully saturated rings. The summed E-state index contributed by atoms with van der Waals surface area (Å²) in [6, 6.07) is 7.16. The zero-order valence-electron chi connectivity index (χ0n) is 14.4. The summed E-state index contributed by atoms with van der Waals surface area (Å²) >= 11 is 8.29. The Morgan fingerprint density at radius 2 is 2.18 bits per heavy atom. The van der Waals surface area contributed by atoms with Crippen LogP contribution in [0.5, 0.6) is 0 Å². The molecular weight excluding hydrogens is 433 g/mol. The van der Waals surface area contributed by atoms with Crippen LogP contribution in [0.15, 0.2) is 40.9 Å². The maximum atomic E-state index is 12.9. The molecule has 0 aliphatic heterocycles. The minimum absolute atomic E-state index is 0.0162. The van der Waals surface area contributed by atoms with Crippen molar-refractivity contribution in [3.63, 3.8) is 0 Å². The molecule has 148 valence electrons. The van der Waals surface area contributed by atoms with E-state index >= 15 is 0 Å². The first-order chi connectivity index (χ1) is 13.2. The van der Waals surface area contributed by atoms with Crippen molar-refractivity contribution in [2.45, 2.75) is 29.9 Å². The molecule has 3 rings (SSSR count). The molecule has 11 heteroatoms. The number of alkyl halides is 3. The molecule has 1 amide bonds. The molecule has 1 aromatic carbocycles. The van der Waals surface area contributed by atoms with E-state index in [2.05, 4.69) is 20.5 Å². The summed E-state index contributed by atoms with van der Waals surface area (Å²) in [5.41, 5.74) is -0.984. The minimum Gasteiger partial charge on any atom is -0.325 e. The number of anilines is 1. The first-order valence-corrected chi connectivity index (χ1v) is 10.1. The molecule has 0 radical (unpaired) electrons. The van der Waals surface area contributed by atoms with Gasteiger partial charge in [-0.3, -0.25) is 9.89 Å². The van der Waals surface area contributed by atoms with Crippen LogP contribution in [0, 0.1) is 0 Å². The van der Waals surface area contributed by atoms with Crippen LogP contribution in [0.2, 0.25) is 5.02 Å². The van der Waals surface area contributed by atoms with Crippen LogP contribution in [0.3, 0.4) is 0 Å². The molecule has 2 aromatic heterocycles. The quantitative estimate of drug-likeness (QED) is 0.507. The number of nitrogens with one attached hydrogen (secondary N) is 2. The van der Waals surface area contributed by atoms with Crippen LogP contribution in [0.1, 0.15) is 23.2 Å². The molecule has 0 aliphatic carbocycles. The largest absolute Gasteiger partial charge is 0.417 e. The van der Waals surface area contributed by atoms with Gasteiger partial charge < -0.3 is 5.32 Å². The maximum absolute atomic E-state index is 12.9. The van der Waals surface area contributed by atoms with Crippen LogP contribution >= 0.6 is 34.7 Å². The number of aromatic amines is 1. The summed E-state index contributed by atoms with van der Waals surface area (Å²) in [4.78, 5) is 17.8. The monoisotopic (exact) mass is 446 g/mol. The van der Waals surface area contributed by atoms with Gasteiger partial charge in [0.1, 0.15) is 5.82 Å². The van der Waals surface area contributed by atoms with Gasteiger partial charge in [0, 0.05) is 17.0 Å². The molecule has 0 bridgehead atoms. The molecule has 2 heterocycles. The summed E-state index contributed by atoms with van der Waals surface area (Å²) in [5, 5.41) is 10.7. The summed E-state index contributed by atoms with van der Waals surface area (Å²) < 4.78 is 38.8. The van der Waals surface area contributed by atoms with Crippen LogP contribution < -0.4 is 5.32 Å².